The SMILES string of the molecule is O=C(Cc1cn2ccsc2n1)N1CCC(C(O)CO)CC1. The number of hydrogen-bond acceptors (Lipinski definition) is 5. The van der Waals surface area contributed by atoms with E-state index in [0.717, 1.165) is 23.5 Å². The van der Waals surface area contributed by atoms with Crippen molar-refractivity contribution < 1.29 is 15.0 Å². The van der Waals surface area contributed by atoms with Crippen molar-refractivity contribution in [2.75, 3.05) is 19.7 Å². The van der Waals surface area contributed by atoms with E-state index in [1.807, 2.05) is 27.1 Å². The van der Waals surface area contributed by atoms with Gasteiger partial charge in [-0.15, -0.1) is 11.3 Å². The average Bonchev–Trinajstić information content (AvgIpc) is 3.07. The van der Waals surface area contributed by atoms with Crippen LogP contribution in [0.4, 0.5) is 0 Å². The topological polar surface area (TPSA) is 78.1 Å². The van der Waals surface area contributed by atoms with Crippen molar-refractivity contribution >= 4 is 22.2 Å². The second-order valence-electron chi connectivity index (χ2n) is 5.47. The summed E-state index contributed by atoms with van der Waals surface area (Å²) in [5, 5.41) is 20.6. The molecule has 1 unspecified atom stereocenters. The van der Waals surface area contributed by atoms with Crippen molar-refractivity contribution in [3.8, 4) is 0 Å². The third-order valence-electron chi connectivity index (χ3n) is 4.10. The Balaban J connectivity index is 1.55. The van der Waals surface area contributed by atoms with Gasteiger partial charge in [0.1, 0.15) is 0 Å². The molecule has 1 aliphatic heterocycles. The largest absolute Gasteiger partial charge is 0.394 e. The highest BCUT2D eigenvalue weighted by Gasteiger charge is 2.27. The number of hydrogen-bond donors (Lipinski definition) is 2. The maximum atomic E-state index is 12.3. The van der Waals surface area contributed by atoms with Crippen LogP contribution in [0.15, 0.2) is 17.8 Å². The van der Waals surface area contributed by atoms with Crippen LogP contribution in [0.25, 0.3) is 4.96 Å². The van der Waals surface area contributed by atoms with Crippen molar-refractivity contribution in [2.45, 2.75) is 25.4 Å². The molecule has 1 amide bonds. The molecule has 7 heteroatoms. The van der Waals surface area contributed by atoms with Crippen LogP contribution < -0.4 is 0 Å². The Kier molecular flexibility index (Phi) is 4.23. The van der Waals surface area contributed by atoms with Crippen LogP contribution in [0.3, 0.4) is 0 Å². The molecular formula is C14H19N3O3S. The number of likely N-dealkylation sites (tertiary alicyclic amines) is 1. The zero-order valence-electron chi connectivity index (χ0n) is 11.7. The fourth-order valence-electron chi connectivity index (χ4n) is 2.81. The van der Waals surface area contributed by atoms with Crippen LogP contribution in [0.1, 0.15) is 18.5 Å². The number of imidazole rings is 1. The van der Waals surface area contributed by atoms with Gasteiger partial charge in [0.15, 0.2) is 4.96 Å². The highest BCUT2D eigenvalue weighted by Crippen LogP contribution is 2.21. The first-order valence-electron chi connectivity index (χ1n) is 7.15. The van der Waals surface area contributed by atoms with Gasteiger partial charge in [0.25, 0.3) is 0 Å². The Morgan fingerprint density at radius 1 is 1.48 bits per heavy atom. The molecule has 3 rings (SSSR count). The second-order valence-corrected chi connectivity index (χ2v) is 6.34. The predicted molar refractivity (Wildman–Crippen MR) is 79.2 cm³/mol. The van der Waals surface area contributed by atoms with Crippen LogP contribution in [-0.4, -0.2) is 56.2 Å². The zero-order chi connectivity index (χ0) is 14.8. The number of thiazole rings is 1. The fourth-order valence-corrected chi connectivity index (χ4v) is 3.53. The van der Waals surface area contributed by atoms with Crippen molar-refractivity contribution in [1.82, 2.24) is 14.3 Å². The maximum Gasteiger partial charge on any atom is 0.228 e. The molecule has 0 spiro atoms. The monoisotopic (exact) mass is 309 g/mol. The van der Waals surface area contributed by atoms with E-state index < -0.39 is 6.10 Å². The van der Waals surface area contributed by atoms with E-state index in [9.17, 15) is 9.90 Å². The fraction of sp³-hybridized carbons (Fsp3) is 0.571. The van der Waals surface area contributed by atoms with Crippen LogP contribution in [0, 0.1) is 5.92 Å². The number of amides is 1. The maximum absolute atomic E-state index is 12.3. The lowest BCUT2D eigenvalue weighted by atomic mass is 9.91. The molecule has 1 saturated heterocycles. The van der Waals surface area contributed by atoms with Gasteiger partial charge in [0.2, 0.25) is 5.91 Å². The minimum atomic E-state index is -0.665. The molecule has 0 aromatic carbocycles. The van der Waals surface area contributed by atoms with Crippen LogP contribution in [0.2, 0.25) is 0 Å². The van der Waals surface area contributed by atoms with Gasteiger partial charge < -0.3 is 15.1 Å². The van der Waals surface area contributed by atoms with Gasteiger partial charge >= 0.3 is 0 Å². The molecule has 0 aliphatic carbocycles. The number of aliphatic hydroxyl groups is 2. The Morgan fingerprint density at radius 3 is 2.90 bits per heavy atom. The molecule has 0 saturated carbocycles. The normalized spacial score (nSPS) is 18.3. The summed E-state index contributed by atoms with van der Waals surface area (Å²) in [6.45, 7) is 1.08. The number of nitrogens with zero attached hydrogens (tertiary/aromatic N) is 3. The Hall–Kier alpha value is -1.44. The van der Waals surface area contributed by atoms with E-state index in [1.165, 1.54) is 0 Å². The lowest BCUT2D eigenvalue weighted by molar-refractivity contribution is -0.132. The summed E-state index contributed by atoms with van der Waals surface area (Å²) in [5.74, 6) is 0.176. The van der Waals surface area contributed by atoms with Gasteiger partial charge in [-0.25, -0.2) is 4.98 Å². The smallest absolute Gasteiger partial charge is 0.228 e. The molecule has 1 aliphatic rings. The molecule has 2 N–H and O–H groups in total. The van der Waals surface area contributed by atoms with Crippen LogP contribution >= 0.6 is 11.3 Å². The minimum absolute atomic E-state index is 0.0812. The summed E-state index contributed by atoms with van der Waals surface area (Å²) in [5.41, 5.74) is 0.796. The minimum Gasteiger partial charge on any atom is -0.394 e. The predicted octanol–water partition coefficient (Wildman–Crippen LogP) is 0.530. The molecule has 0 bridgehead atoms. The molecular weight excluding hydrogens is 290 g/mol. The lowest BCUT2D eigenvalue weighted by Gasteiger charge is -2.33. The number of carbonyl (C=O) groups is 1. The van der Waals surface area contributed by atoms with E-state index in [0.29, 0.717) is 19.5 Å². The quantitative estimate of drug-likeness (QED) is 0.863. The van der Waals surface area contributed by atoms with Gasteiger partial charge in [-0.3, -0.25) is 9.20 Å². The molecule has 1 atom stereocenters. The number of carbonyl (C=O) groups excluding carboxylic acids is 1. The number of aromatic nitrogens is 2. The highest BCUT2D eigenvalue weighted by atomic mass is 32.1. The summed E-state index contributed by atoms with van der Waals surface area (Å²) in [6, 6.07) is 0. The average molecular weight is 309 g/mol. The van der Waals surface area contributed by atoms with Crippen molar-refractivity contribution in [1.29, 1.82) is 0 Å². The number of fused-ring (bicyclic) bond motifs is 1. The molecule has 2 aromatic heterocycles. The van der Waals surface area contributed by atoms with Crippen molar-refractivity contribution in [2.24, 2.45) is 5.92 Å². The summed E-state index contributed by atoms with van der Waals surface area (Å²) in [4.78, 5) is 19.4. The van der Waals surface area contributed by atoms with Crippen LogP contribution in [0.5, 0.6) is 0 Å². The molecule has 114 valence electrons. The van der Waals surface area contributed by atoms with Gasteiger partial charge in [0.05, 0.1) is 24.8 Å². The van der Waals surface area contributed by atoms with E-state index in [4.69, 9.17) is 5.11 Å². The summed E-state index contributed by atoms with van der Waals surface area (Å²) in [7, 11) is 0. The number of rotatable bonds is 4. The Labute approximate surface area is 126 Å². The first-order chi connectivity index (χ1) is 10.2. The summed E-state index contributed by atoms with van der Waals surface area (Å²) >= 11 is 1.55. The number of piperidine rings is 1. The second kappa shape index (κ2) is 6.13. The van der Waals surface area contributed by atoms with E-state index >= 15 is 0 Å². The Morgan fingerprint density at radius 2 is 2.24 bits per heavy atom. The highest BCUT2D eigenvalue weighted by molar-refractivity contribution is 7.15. The summed E-state index contributed by atoms with van der Waals surface area (Å²) < 4.78 is 1.93. The van der Waals surface area contributed by atoms with Gasteiger partial charge in [0, 0.05) is 30.9 Å². The molecule has 1 fully saturated rings. The van der Waals surface area contributed by atoms with E-state index in [2.05, 4.69) is 4.98 Å². The lowest BCUT2D eigenvalue weighted by Crippen LogP contribution is -2.42. The third kappa shape index (κ3) is 3.09. The van der Waals surface area contributed by atoms with Gasteiger partial charge in [-0.2, -0.15) is 0 Å². The van der Waals surface area contributed by atoms with Gasteiger partial charge in [-0.1, -0.05) is 0 Å². The molecule has 3 heterocycles. The molecule has 21 heavy (non-hydrogen) atoms. The molecule has 2 aromatic rings. The standard InChI is InChI=1S/C14H19N3O3S/c18-9-12(19)10-1-3-16(4-2-10)13(20)7-11-8-17-5-6-21-14(17)15-11/h5-6,8,10,12,18-19H,1-4,7,9H2. The first kappa shape index (κ1) is 14.5. The Bertz CT molecular complexity index is 587. The van der Waals surface area contributed by atoms with Crippen LogP contribution in [-0.2, 0) is 11.2 Å². The first-order valence-corrected chi connectivity index (χ1v) is 8.03. The van der Waals surface area contributed by atoms with Crippen molar-refractivity contribution in [3.05, 3.63) is 23.5 Å². The van der Waals surface area contributed by atoms with E-state index in [1.54, 1.807) is 11.3 Å². The third-order valence-corrected chi connectivity index (χ3v) is 4.87. The molecule has 0 radical (unpaired) electrons. The zero-order valence-corrected chi connectivity index (χ0v) is 12.5. The van der Waals surface area contributed by atoms with Gasteiger partial charge in [-0.05, 0) is 18.8 Å². The number of aliphatic hydroxyl groups excluding tert-OH is 2. The van der Waals surface area contributed by atoms with Crippen molar-refractivity contribution in [3.63, 3.8) is 0 Å². The molecule has 6 nitrogen and oxygen atoms in total. The van der Waals surface area contributed by atoms with E-state index in [-0.39, 0.29) is 18.4 Å². The summed E-state index contributed by atoms with van der Waals surface area (Å²) in [6.07, 6.45) is 4.97.